The van der Waals surface area contributed by atoms with Gasteiger partial charge in [-0.15, -0.1) is 0 Å². The first-order chi connectivity index (χ1) is 10.3. The van der Waals surface area contributed by atoms with Crippen molar-refractivity contribution in [2.75, 3.05) is 5.32 Å². The van der Waals surface area contributed by atoms with E-state index < -0.39 is 0 Å². The van der Waals surface area contributed by atoms with Crippen LogP contribution in [0, 0.1) is 0 Å². The van der Waals surface area contributed by atoms with Crippen LogP contribution in [0.3, 0.4) is 0 Å². The highest BCUT2D eigenvalue weighted by Crippen LogP contribution is 2.32. The Morgan fingerprint density at radius 2 is 2.05 bits per heavy atom. The summed E-state index contributed by atoms with van der Waals surface area (Å²) in [7, 11) is 0. The van der Waals surface area contributed by atoms with Crippen LogP contribution in [-0.4, -0.2) is 26.0 Å². The zero-order valence-electron chi connectivity index (χ0n) is 12.4. The van der Waals surface area contributed by atoms with Gasteiger partial charge in [-0.2, -0.15) is 0 Å². The number of anilines is 1. The zero-order chi connectivity index (χ0) is 14.5. The van der Waals surface area contributed by atoms with Crippen LogP contribution in [-0.2, 0) is 6.42 Å². The van der Waals surface area contributed by atoms with E-state index in [0.29, 0.717) is 5.92 Å². The van der Waals surface area contributed by atoms with E-state index in [-0.39, 0.29) is 6.04 Å². The van der Waals surface area contributed by atoms with Crippen LogP contribution in [0.25, 0.3) is 0 Å². The lowest BCUT2D eigenvalue weighted by Crippen LogP contribution is -2.20. The Kier molecular flexibility index (Phi) is 4.38. The number of hydrogen-bond donors (Lipinski definition) is 1. The molecule has 2 aromatic rings. The van der Waals surface area contributed by atoms with Crippen molar-refractivity contribution < 1.29 is 0 Å². The van der Waals surface area contributed by atoms with E-state index in [9.17, 15) is 0 Å². The molecule has 1 atom stereocenters. The van der Waals surface area contributed by atoms with Crippen molar-refractivity contribution in [3.63, 3.8) is 0 Å². The number of rotatable bonds is 5. The van der Waals surface area contributed by atoms with Gasteiger partial charge in [0.15, 0.2) is 0 Å². The van der Waals surface area contributed by atoms with Crippen LogP contribution in [0.4, 0.5) is 5.95 Å². The van der Waals surface area contributed by atoms with Crippen LogP contribution >= 0.6 is 0 Å². The molecule has 1 N–H and O–H groups in total. The zero-order valence-corrected chi connectivity index (χ0v) is 12.4. The Labute approximate surface area is 125 Å². The Morgan fingerprint density at radius 3 is 2.81 bits per heavy atom. The maximum absolute atomic E-state index is 4.68. The molecule has 0 aliphatic heterocycles. The summed E-state index contributed by atoms with van der Waals surface area (Å²) in [4.78, 5) is 17.4. The summed E-state index contributed by atoms with van der Waals surface area (Å²) in [5.41, 5.74) is 2.15. The molecule has 1 aliphatic rings. The molecule has 110 valence electrons. The van der Waals surface area contributed by atoms with Gasteiger partial charge in [-0.05, 0) is 25.8 Å². The van der Waals surface area contributed by atoms with Gasteiger partial charge < -0.3 is 5.32 Å². The van der Waals surface area contributed by atoms with Crippen LogP contribution in [0.2, 0.25) is 0 Å². The highest BCUT2D eigenvalue weighted by Gasteiger charge is 2.19. The van der Waals surface area contributed by atoms with Gasteiger partial charge in [0.2, 0.25) is 5.95 Å². The molecule has 2 heterocycles. The minimum absolute atomic E-state index is 0.223. The molecule has 2 aromatic heterocycles. The summed E-state index contributed by atoms with van der Waals surface area (Å²) in [6, 6.07) is 2.27. The first-order valence-corrected chi connectivity index (χ1v) is 7.65. The topological polar surface area (TPSA) is 63.6 Å². The average Bonchev–Trinajstić information content (AvgIpc) is 3.02. The van der Waals surface area contributed by atoms with E-state index in [0.717, 1.165) is 18.1 Å². The van der Waals surface area contributed by atoms with Crippen molar-refractivity contribution in [3.8, 4) is 0 Å². The average molecular weight is 283 g/mol. The van der Waals surface area contributed by atoms with Crippen molar-refractivity contribution in [3.05, 3.63) is 42.2 Å². The second-order valence-electron chi connectivity index (χ2n) is 5.73. The Bertz CT molecular complexity index is 566. The Balaban J connectivity index is 1.63. The van der Waals surface area contributed by atoms with Crippen LogP contribution in [0.1, 0.15) is 49.9 Å². The maximum Gasteiger partial charge on any atom is 0.223 e. The molecule has 1 aliphatic carbocycles. The van der Waals surface area contributed by atoms with Crippen molar-refractivity contribution in [2.24, 2.45) is 0 Å². The molecule has 0 unspecified atom stereocenters. The lowest BCUT2D eigenvalue weighted by molar-refractivity contribution is 0.689. The largest absolute Gasteiger partial charge is 0.351 e. The van der Waals surface area contributed by atoms with Crippen molar-refractivity contribution in [1.29, 1.82) is 0 Å². The fraction of sp³-hybridized carbons (Fsp3) is 0.500. The molecule has 3 rings (SSSR count). The van der Waals surface area contributed by atoms with E-state index in [1.54, 1.807) is 18.6 Å². The number of nitrogens with one attached hydrogen (secondary N) is 1. The first kappa shape index (κ1) is 13.9. The molecule has 1 saturated carbocycles. The third kappa shape index (κ3) is 3.74. The summed E-state index contributed by atoms with van der Waals surface area (Å²) in [5, 5.41) is 3.36. The maximum atomic E-state index is 4.68. The highest BCUT2D eigenvalue weighted by molar-refractivity contribution is 5.28. The van der Waals surface area contributed by atoms with Gasteiger partial charge in [0, 0.05) is 48.9 Å². The highest BCUT2D eigenvalue weighted by atomic mass is 15.1. The third-order valence-corrected chi connectivity index (χ3v) is 3.96. The van der Waals surface area contributed by atoms with E-state index in [2.05, 4.69) is 38.2 Å². The van der Waals surface area contributed by atoms with E-state index in [4.69, 9.17) is 0 Å². The number of nitrogens with zero attached hydrogens (tertiary/aromatic N) is 4. The molecule has 0 bridgehead atoms. The van der Waals surface area contributed by atoms with Crippen molar-refractivity contribution in [2.45, 2.75) is 51.0 Å². The van der Waals surface area contributed by atoms with Crippen molar-refractivity contribution in [1.82, 2.24) is 19.9 Å². The van der Waals surface area contributed by atoms with Gasteiger partial charge in [-0.25, -0.2) is 9.97 Å². The van der Waals surface area contributed by atoms with Gasteiger partial charge in [0.05, 0.1) is 5.69 Å². The van der Waals surface area contributed by atoms with Crippen LogP contribution in [0.15, 0.2) is 30.9 Å². The second kappa shape index (κ2) is 6.61. The Morgan fingerprint density at radius 1 is 1.19 bits per heavy atom. The quantitative estimate of drug-likeness (QED) is 0.914. The van der Waals surface area contributed by atoms with Gasteiger partial charge in [-0.1, -0.05) is 12.8 Å². The summed E-state index contributed by atoms with van der Waals surface area (Å²) >= 11 is 0. The molecular formula is C16H21N5. The number of aromatic nitrogens is 4. The first-order valence-electron chi connectivity index (χ1n) is 7.65. The molecule has 0 radical (unpaired) electrons. The predicted molar refractivity (Wildman–Crippen MR) is 82.1 cm³/mol. The minimum Gasteiger partial charge on any atom is -0.351 e. The molecule has 0 spiro atoms. The Hall–Kier alpha value is -2.04. The molecule has 0 amide bonds. The fourth-order valence-electron chi connectivity index (χ4n) is 2.91. The molecule has 21 heavy (non-hydrogen) atoms. The predicted octanol–water partition coefficient (Wildman–Crippen LogP) is 2.97. The molecule has 0 aromatic carbocycles. The fourth-order valence-corrected chi connectivity index (χ4v) is 2.91. The van der Waals surface area contributed by atoms with Crippen molar-refractivity contribution >= 4 is 5.95 Å². The van der Waals surface area contributed by atoms with Gasteiger partial charge in [0.25, 0.3) is 0 Å². The van der Waals surface area contributed by atoms with Gasteiger partial charge >= 0.3 is 0 Å². The summed E-state index contributed by atoms with van der Waals surface area (Å²) in [5.74, 6) is 1.33. The standard InChI is InChI=1S/C16H21N5/c1-12(10-14-11-17-8-9-18-14)20-16-19-7-6-15(21-16)13-4-2-3-5-13/h6-9,11-13H,2-5,10H2,1H3,(H,19,20,21)/t12-/m1/s1. The molecule has 5 heteroatoms. The molecule has 1 fully saturated rings. The summed E-state index contributed by atoms with van der Waals surface area (Å²) in [6.45, 7) is 2.11. The van der Waals surface area contributed by atoms with E-state index >= 15 is 0 Å². The summed E-state index contributed by atoms with van der Waals surface area (Å²) in [6.07, 6.45) is 13.0. The molecule has 5 nitrogen and oxygen atoms in total. The minimum atomic E-state index is 0.223. The third-order valence-electron chi connectivity index (χ3n) is 3.96. The lowest BCUT2D eigenvalue weighted by Gasteiger charge is -2.15. The lowest BCUT2D eigenvalue weighted by atomic mass is 10.0. The smallest absolute Gasteiger partial charge is 0.223 e. The summed E-state index contributed by atoms with van der Waals surface area (Å²) < 4.78 is 0. The molecule has 0 saturated heterocycles. The number of hydrogen-bond acceptors (Lipinski definition) is 5. The van der Waals surface area contributed by atoms with E-state index in [1.807, 2.05) is 6.20 Å². The molecular weight excluding hydrogens is 262 g/mol. The van der Waals surface area contributed by atoms with E-state index in [1.165, 1.54) is 31.4 Å². The normalized spacial score (nSPS) is 16.8. The van der Waals surface area contributed by atoms with Gasteiger partial charge in [0.1, 0.15) is 0 Å². The van der Waals surface area contributed by atoms with Crippen LogP contribution in [0.5, 0.6) is 0 Å². The van der Waals surface area contributed by atoms with Gasteiger partial charge in [-0.3, -0.25) is 9.97 Å². The SMILES string of the molecule is C[C@H](Cc1cnccn1)Nc1nccc(C2CCCC2)n1. The second-order valence-corrected chi connectivity index (χ2v) is 5.73. The monoisotopic (exact) mass is 283 g/mol. The van der Waals surface area contributed by atoms with Crippen LogP contribution < -0.4 is 5.32 Å².